The van der Waals surface area contributed by atoms with Gasteiger partial charge in [0.1, 0.15) is 12.6 Å². The highest BCUT2D eigenvalue weighted by molar-refractivity contribution is 7.92. The maximum absolute atomic E-state index is 14.2. The zero-order valence-electron chi connectivity index (χ0n) is 24.3. The number of hydrogen-bond acceptors (Lipinski definition) is 4. The highest BCUT2D eigenvalue weighted by atomic mass is 32.2. The van der Waals surface area contributed by atoms with E-state index in [-0.39, 0.29) is 23.3 Å². The van der Waals surface area contributed by atoms with Crippen LogP contribution < -0.4 is 9.62 Å². The molecule has 0 unspecified atom stereocenters. The van der Waals surface area contributed by atoms with E-state index in [0.717, 1.165) is 22.3 Å². The van der Waals surface area contributed by atoms with Crippen LogP contribution in [0, 0.1) is 26.7 Å². The Labute approximate surface area is 239 Å². The predicted octanol–water partition coefficient (Wildman–Crippen LogP) is 5.39. The van der Waals surface area contributed by atoms with Crippen molar-refractivity contribution in [2.45, 2.75) is 65.4 Å². The Morgan fingerprint density at radius 1 is 0.900 bits per heavy atom. The van der Waals surface area contributed by atoms with E-state index in [4.69, 9.17) is 0 Å². The molecule has 3 aromatic carbocycles. The smallest absolute Gasteiger partial charge is 0.264 e. The summed E-state index contributed by atoms with van der Waals surface area (Å²) in [5.74, 6) is -0.451. The van der Waals surface area contributed by atoms with Gasteiger partial charge in [0.15, 0.2) is 0 Å². The lowest BCUT2D eigenvalue weighted by Gasteiger charge is -2.34. The topological polar surface area (TPSA) is 86.8 Å². The maximum Gasteiger partial charge on any atom is 0.264 e. The van der Waals surface area contributed by atoms with Crippen LogP contribution in [0.3, 0.4) is 0 Å². The zero-order valence-corrected chi connectivity index (χ0v) is 25.2. The summed E-state index contributed by atoms with van der Waals surface area (Å²) in [5, 5.41) is 2.96. The van der Waals surface area contributed by atoms with Crippen molar-refractivity contribution >= 4 is 27.5 Å². The normalized spacial score (nSPS) is 12.2. The van der Waals surface area contributed by atoms with Gasteiger partial charge in [0.25, 0.3) is 10.0 Å². The van der Waals surface area contributed by atoms with E-state index < -0.39 is 28.5 Å². The van der Waals surface area contributed by atoms with Crippen LogP contribution in [0.2, 0.25) is 0 Å². The molecule has 1 N–H and O–H groups in total. The number of hydrogen-bond donors (Lipinski definition) is 1. The summed E-state index contributed by atoms with van der Waals surface area (Å²) in [4.78, 5) is 29.1. The van der Waals surface area contributed by atoms with Gasteiger partial charge in [0, 0.05) is 13.1 Å². The van der Waals surface area contributed by atoms with Crippen molar-refractivity contribution in [2.24, 2.45) is 5.92 Å². The van der Waals surface area contributed by atoms with Crippen molar-refractivity contribution in [3.8, 4) is 0 Å². The van der Waals surface area contributed by atoms with Crippen molar-refractivity contribution in [3.05, 3.63) is 95.1 Å². The van der Waals surface area contributed by atoms with Gasteiger partial charge in [-0.25, -0.2) is 8.42 Å². The van der Waals surface area contributed by atoms with E-state index in [0.29, 0.717) is 18.7 Å². The summed E-state index contributed by atoms with van der Waals surface area (Å²) in [6.07, 6.45) is 0.385. The molecule has 0 heterocycles. The molecule has 0 saturated carbocycles. The number of amides is 2. The number of rotatable bonds is 12. The van der Waals surface area contributed by atoms with Crippen molar-refractivity contribution < 1.29 is 18.0 Å². The fraction of sp³-hybridized carbons (Fsp3) is 0.375. The molecule has 2 amide bonds. The molecular formula is C32H41N3O4S. The lowest BCUT2D eigenvalue weighted by atomic mass is 10.1. The minimum absolute atomic E-state index is 0.0932. The Kier molecular flexibility index (Phi) is 10.5. The average molecular weight is 564 g/mol. The standard InChI is InChI=1S/C32H41N3O4S/c1-7-29(32(37)33-20-23(2)3)34(21-27-15-11-13-24(4)19-27)31(36)22-35(30-18-12-14-25(5)26(30)6)40(38,39)28-16-9-8-10-17-28/h8-19,23,29H,7,20-22H2,1-6H3,(H,33,37)/t29-/m1/s1. The third-order valence-electron chi connectivity index (χ3n) is 6.96. The van der Waals surface area contributed by atoms with E-state index in [1.54, 1.807) is 30.3 Å². The lowest BCUT2D eigenvalue weighted by Crippen LogP contribution is -2.52. The second-order valence-electron chi connectivity index (χ2n) is 10.6. The molecule has 0 aromatic heterocycles. The number of aryl methyl sites for hydroxylation is 2. The second-order valence-corrected chi connectivity index (χ2v) is 12.5. The van der Waals surface area contributed by atoms with E-state index in [1.165, 1.54) is 21.3 Å². The Balaban J connectivity index is 2.08. The Hall–Kier alpha value is -3.65. The van der Waals surface area contributed by atoms with Crippen LogP contribution in [-0.4, -0.2) is 44.3 Å². The van der Waals surface area contributed by atoms with Crippen molar-refractivity contribution in [1.82, 2.24) is 10.2 Å². The van der Waals surface area contributed by atoms with Crippen molar-refractivity contribution in [3.63, 3.8) is 0 Å². The number of carbonyl (C=O) groups excluding carboxylic acids is 2. The van der Waals surface area contributed by atoms with Crippen LogP contribution in [0.25, 0.3) is 0 Å². The fourth-order valence-corrected chi connectivity index (χ4v) is 6.08. The first kappa shape index (κ1) is 30.9. The molecule has 8 heteroatoms. The van der Waals surface area contributed by atoms with E-state index in [9.17, 15) is 18.0 Å². The first-order valence-electron chi connectivity index (χ1n) is 13.7. The molecule has 0 radical (unpaired) electrons. The monoisotopic (exact) mass is 563 g/mol. The molecule has 0 aliphatic rings. The van der Waals surface area contributed by atoms with E-state index >= 15 is 0 Å². The van der Waals surface area contributed by atoms with E-state index in [1.807, 2.05) is 71.9 Å². The number of anilines is 1. The van der Waals surface area contributed by atoms with E-state index in [2.05, 4.69) is 5.32 Å². The van der Waals surface area contributed by atoms with Gasteiger partial charge in [-0.2, -0.15) is 0 Å². The van der Waals surface area contributed by atoms with Crippen LogP contribution in [0.4, 0.5) is 5.69 Å². The number of carbonyl (C=O) groups is 2. The highest BCUT2D eigenvalue weighted by Gasteiger charge is 2.34. The minimum atomic E-state index is -4.09. The maximum atomic E-state index is 14.2. The summed E-state index contributed by atoms with van der Waals surface area (Å²) >= 11 is 0. The summed E-state index contributed by atoms with van der Waals surface area (Å²) in [6, 6.07) is 20.5. The van der Waals surface area contributed by atoms with Gasteiger partial charge in [-0.15, -0.1) is 0 Å². The lowest BCUT2D eigenvalue weighted by molar-refractivity contribution is -0.140. The Morgan fingerprint density at radius 2 is 1.57 bits per heavy atom. The van der Waals surface area contributed by atoms with Crippen molar-refractivity contribution in [2.75, 3.05) is 17.4 Å². The van der Waals surface area contributed by atoms with Crippen LogP contribution in [0.5, 0.6) is 0 Å². The van der Waals surface area contributed by atoms with Crippen LogP contribution >= 0.6 is 0 Å². The molecule has 0 bridgehead atoms. The molecule has 7 nitrogen and oxygen atoms in total. The largest absolute Gasteiger partial charge is 0.354 e. The van der Waals surface area contributed by atoms with Crippen LogP contribution in [0.1, 0.15) is 49.4 Å². The third-order valence-corrected chi connectivity index (χ3v) is 8.73. The molecule has 214 valence electrons. The van der Waals surface area contributed by atoms with Crippen LogP contribution in [0.15, 0.2) is 77.7 Å². The van der Waals surface area contributed by atoms with Gasteiger partial charge in [0.05, 0.1) is 10.6 Å². The van der Waals surface area contributed by atoms with Crippen molar-refractivity contribution in [1.29, 1.82) is 0 Å². The predicted molar refractivity (Wildman–Crippen MR) is 161 cm³/mol. The Morgan fingerprint density at radius 3 is 2.20 bits per heavy atom. The molecule has 1 atom stereocenters. The van der Waals surface area contributed by atoms with Gasteiger partial charge >= 0.3 is 0 Å². The van der Waals surface area contributed by atoms with Gasteiger partial charge in [-0.3, -0.25) is 13.9 Å². The fourth-order valence-electron chi connectivity index (χ4n) is 4.59. The molecule has 3 aromatic rings. The van der Waals surface area contributed by atoms with Gasteiger partial charge in [-0.1, -0.05) is 80.9 Å². The molecule has 0 spiro atoms. The highest BCUT2D eigenvalue weighted by Crippen LogP contribution is 2.29. The molecule has 40 heavy (non-hydrogen) atoms. The number of benzene rings is 3. The van der Waals surface area contributed by atoms with Crippen LogP contribution in [-0.2, 0) is 26.2 Å². The average Bonchev–Trinajstić information content (AvgIpc) is 2.92. The SMILES string of the molecule is CC[C@H](C(=O)NCC(C)C)N(Cc1cccc(C)c1)C(=O)CN(c1cccc(C)c1C)S(=O)(=O)c1ccccc1. The van der Waals surface area contributed by atoms with Gasteiger partial charge < -0.3 is 10.2 Å². The second kappa shape index (κ2) is 13.6. The quantitative estimate of drug-likeness (QED) is 0.320. The third kappa shape index (κ3) is 7.50. The number of nitrogens with one attached hydrogen (secondary N) is 1. The summed E-state index contributed by atoms with van der Waals surface area (Å²) in [7, 11) is -4.09. The van der Waals surface area contributed by atoms with Gasteiger partial charge in [0.2, 0.25) is 11.8 Å². The Bertz CT molecular complexity index is 1420. The molecule has 0 aliphatic heterocycles. The molecule has 3 rings (SSSR count). The summed E-state index contributed by atoms with van der Waals surface area (Å²) in [6.45, 7) is 11.8. The molecule has 0 saturated heterocycles. The number of sulfonamides is 1. The first-order chi connectivity index (χ1) is 18.9. The zero-order chi connectivity index (χ0) is 29.4. The summed E-state index contributed by atoms with van der Waals surface area (Å²) < 4.78 is 29.1. The summed E-state index contributed by atoms with van der Waals surface area (Å²) in [5.41, 5.74) is 4.01. The molecule has 0 aliphatic carbocycles. The first-order valence-corrected chi connectivity index (χ1v) is 15.2. The minimum Gasteiger partial charge on any atom is -0.354 e. The molecule has 0 fully saturated rings. The number of nitrogens with zero attached hydrogens (tertiary/aromatic N) is 2. The molecular weight excluding hydrogens is 522 g/mol. The van der Waals surface area contributed by atoms with Gasteiger partial charge in [-0.05, 0) is 68.0 Å².